The van der Waals surface area contributed by atoms with Gasteiger partial charge in [-0.1, -0.05) is 13.8 Å². The first kappa shape index (κ1) is 17.9. The summed E-state index contributed by atoms with van der Waals surface area (Å²) in [6.07, 6.45) is 3.05. The number of amides is 1. The van der Waals surface area contributed by atoms with Crippen LogP contribution in [0.4, 0.5) is 0 Å². The van der Waals surface area contributed by atoms with Gasteiger partial charge in [-0.05, 0) is 19.3 Å². The molecule has 0 aliphatic carbocycles. The van der Waals surface area contributed by atoms with Crippen molar-refractivity contribution in [3.05, 3.63) is 12.2 Å². The second-order valence-corrected chi connectivity index (χ2v) is 6.56. The molecule has 0 saturated carbocycles. The molecule has 0 spiro atoms. The van der Waals surface area contributed by atoms with Gasteiger partial charge in [-0.15, -0.1) is 10.2 Å². The minimum Gasteiger partial charge on any atom is -0.378 e. The highest BCUT2D eigenvalue weighted by molar-refractivity contribution is 5.76. The highest BCUT2D eigenvalue weighted by Gasteiger charge is 2.28. The number of hydrogen-bond acceptors (Lipinski definition) is 5. The van der Waals surface area contributed by atoms with Crippen molar-refractivity contribution in [1.29, 1.82) is 0 Å². The first-order chi connectivity index (χ1) is 11.0. The van der Waals surface area contributed by atoms with Crippen LogP contribution in [-0.2, 0) is 21.3 Å². The number of nitrogens with zero attached hydrogens (tertiary/aromatic N) is 4. The Labute approximate surface area is 138 Å². The van der Waals surface area contributed by atoms with Gasteiger partial charge in [0.15, 0.2) is 5.82 Å². The van der Waals surface area contributed by atoms with E-state index in [9.17, 15) is 4.79 Å². The van der Waals surface area contributed by atoms with Gasteiger partial charge in [0.2, 0.25) is 5.91 Å². The Morgan fingerprint density at radius 1 is 1.48 bits per heavy atom. The maximum atomic E-state index is 12.3. The quantitative estimate of drug-likeness (QED) is 0.761. The molecule has 2 heterocycles. The minimum absolute atomic E-state index is 0.109. The SMILES string of the molecule is CC(C)CC(C)OCCC(=O)N1CCOC(c2nncn2C)C1. The lowest BCUT2D eigenvalue weighted by Crippen LogP contribution is -2.43. The molecule has 130 valence electrons. The minimum atomic E-state index is -0.207. The molecule has 0 radical (unpaired) electrons. The van der Waals surface area contributed by atoms with E-state index in [-0.39, 0.29) is 18.1 Å². The Morgan fingerprint density at radius 2 is 2.26 bits per heavy atom. The van der Waals surface area contributed by atoms with Crippen LogP contribution in [0, 0.1) is 5.92 Å². The molecule has 7 nitrogen and oxygen atoms in total. The largest absolute Gasteiger partial charge is 0.378 e. The average molecular weight is 324 g/mol. The molecule has 7 heteroatoms. The van der Waals surface area contributed by atoms with Crippen LogP contribution in [0.25, 0.3) is 0 Å². The van der Waals surface area contributed by atoms with Crippen molar-refractivity contribution in [2.24, 2.45) is 13.0 Å². The molecule has 23 heavy (non-hydrogen) atoms. The van der Waals surface area contributed by atoms with E-state index in [0.29, 0.717) is 38.6 Å². The Kier molecular flexibility index (Phi) is 6.53. The number of aromatic nitrogens is 3. The monoisotopic (exact) mass is 324 g/mol. The number of carbonyl (C=O) groups is 1. The molecule has 1 aromatic rings. The van der Waals surface area contributed by atoms with Crippen molar-refractivity contribution >= 4 is 5.91 Å². The van der Waals surface area contributed by atoms with Crippen LogP contribution in [0.15, 0.2) is 6.33 Å². The van der Waals surface area contributed by atoms with Gasteiger partial charge in [0, 0.05) is 13.6 Å². The van der Waals surface area contributed by atoms with Gasteiger partial charge in [-0.3, -0.25) is 4.79 Å². The molecule has 1 saturated heterocycles. The number of rotatable bonds is 7. The molecule has 0 bridgehead atoms. The van der Waals surface area contributed by atoms with Crippen molar-refractivity contribution in [2.45, 2.75) is 45.8 Å². The van der Waals surface area contributed by atoms with Crippen molar-refractivity contribution < 1.29 is 14.3 Å². The van der Waals surface area contributed by atoms with Gasteiger partial charge >= 0.3 is 0 Å². The van der Waals surface area contributed by atoms with Crippen molar-refractivity contribution in [3.63, 3.8) is 0 Å². The molecule has 1 aliphatic rings. The fourth-order valence-electron chi connectivity index (χ4n) is 2.85. The summed E-state index contributed by atoms with van der Waals surface area (Å²) >= 11 is 0. The molecule has 0 N–H and O–H groups in total. The maximum absolute atomic E-state index is 12.3. The van der Waals surface area contributed by atoms with Gasteiger partial charge in [0.1, 0.15) is 12.4 Å². The lowest BCUT2D eigenvalue weighted by molar-refractivity contribution is -0.141. The Balaban J connectivity index is 1.77. The van der Waals surface area contributed by atoms with Crippen molar-refractivity contribution in [1.82, 2.24) is 19.7 Å². The summed E-state index contributed by atoms with van der Waals surface area (Å²) < 4.78 is 13.3. The third-order valence-electron chi connectivity index (χ3n) is 3.98. The number of ether oxygens (including phenoxy) is 2. The lowest BCUT2D eigenvalue weighted by atomic mass is 10.1. The van der Waals surface area contributed by atoms with E-state index >= 15 is 0 Å². The molecule has 0 aromatic carbocycles. The zero-order chi connectivity index (χ0) is 16.8. The van der Waals surface area contributed by atoms with Crippen molar-refractivity contribution in [2.75, 3.05) is 26.3 Å². The van der Waals surface area contributed by atoms with Crippen LogP contribution in [0.3, 0.4) is 0 Å². The third kappa shape index (κ3) is 5.28. The molecule has 1 aliphatic heterocycles. The van der Waals surface area contributed by atoms with Crippen LogP contribution in [0.2, 0.25) is 0 Å². The van der Waals surface area contributed by atoms with E-state index in [0.717, 1.165) is 12.2 Å². The van der Waals surface area contributed by atoms with Gasteiger partial charge in [-0.2, -0.15) is 0 Å². The zero-order valence-corrected chi connectivity index (χ0v) is 14.6. The number of hydrogen-bond donors (Lipinski definition) is 0. The fraction of sp³-hybridized carbons (Fsp3) is 0.812. The summed E-state index contributed by atoms with van der Waals surface area (Å²) in [6, 6.07) is 0. The Morgan fingerprint density at radius 3 is 2.91 bits per heavy atom. The van der Waals surface area contributed by atoms with Crippen LogP contribution < -0.4 is 0 Å². The third-order valence-corrected chi connectivity index (χ3v) is 3.98. The molecule has 2 unspecified atom stereocenters. The number of aryl methyl sites for hydroxylation is 1. The predicted molar refractivity (Wildman–Crippen MR) is 85.8 cm³/mol. The van der Waals surface area contributed by atoms with Crippen LogP contribution in [0.5, 0.6) is 0 Å². The predicted octanol–water partition coefficient (Wildman–Crippen LogP) is 1.56. The van der Waals surface area contributed by atoms with Crippen molar-refractivity contribution in [3.8, 4) is 0 Å². The van der Waals surface area contributed by atoms with Gasteiger partial charge < -0.3 is 18.9 Å². The molecule has 1 fully saturated rings. The van der Waals surface area contributed by atoms with E-state index in [1.165, 1.54) is 0 Å². The van der Waals surface area contributed by atoms with Crippen LogP contribution >= 0.6 is 0 Å². The molecular weight excluding hydrogens is 296 g/mol. The standard InChI is InChI=1S/C16H28N4O3/c1-12(2)9-13(3)22-7-5-15(21)20-6-8-23-14(10-20)16-18-17-11-19(16)4/h11-14H,5-10H2,1-4H3. The Bertz CT molecular complexity index is 503. The smallest absolute Gasteiger partial charge is 0.225 e. The summed E-state index contributed by atoms with van der Waals surface area (Å²) in [5.41, 5.74) is 0. The molecule has 2 rings (SSSR count). The summed E-state index contributed by atoms with van der Waals surface area (Å²) in [5, 5.41) is 7.94. The molecule has 1 amide bonds. The van der Waals surface area contributed by atoms with E-state index < -0.39 is 0 Å². The normalized spacial score (nSPS) is 20.0. The lowest BCUT2D eigenvalue weighted by Gasteiger charge is -2.32. The second-order valence-electron chi connectivity index (χ2n) is 6.56. The maximum Gasteiger partial charge on any atom is 0.225 e. The molecule has 2 atom stereocenters. The highest BCUT2D eigenvalue weighted by atomic mass is 16.5. The summed E-state index contributed by atoms with van der Waals surface area (Å²) in [4.78, 5) is 14.2. The van der Waals surface area contributed by atoms with Gasteiger partial charge in [0.25, 0.3) is 0 Å². The van der Waals surface area contributed by atoms with Crippen LogP contribution in [0.1, 0.15) is 45.5 Å². The fourth-order valence-corrected chi connectivity index (χ4v) is 2.85. The van der Waals surface area contributed by atoms with Gasteiger partial charge in [-0.25, -0.2) is 0 Å². The highest BCUT2D eigenvalue weighted by Crippen LogP contribution is 2.20. The second kappa shape index (κ2) is 8.40. The zero-order valence-electron chi connectivity index (χ0n) is 14.6. The Hall–Kier alpha value is -1.47. The molecular formula is C16H28N4O3. The summed E-state index contributed by atoms with van der Waals surface area (Å²) in [5.74, 6) is 1.47. The summed E-state index contributed by atoms with van der Waals surface area (Å²) in [6.45, 7) is 8.54. The topological polar surface area (TPSA) is 69.5 Å². The van der Waals surface area contributed by atoms with E-state index in [4.69, 9.17) is 9.47 Å². The first-order valence-electron chi connectivity index (χ1n) is 8.32. The van der Waals surface area contributed by atoms with E-state index in [2.05, 4.69) is 31.0 Å². The van der Waals surface area contributed by atoms with E-state index in [1.54, 1.807) is 6.33 Å². The average Bonchev–Trinajstić information content (AvgIpc) is 2.92. The number of carbonyl (C=O) groups excluding carboxylic acids is 1. The number of morpholine rings is 1. The first-order valence-corrected chi connectivity index (χ1v) is 8.32. The summed E-state index contributed by atoms with van der Waals surface area (Å²) in [7, 11) is 1.88. The van der Waals surface area contributed by atoms with Crippen LogP contribution in [-0.4, -0.2) is 58.0 Å². The van der Waals surface area contributed by atoms with Gasteiger partial charge in [0.05, 0.1) is 32.3 Å². The van der Waals surface area contributed by atoms with E-state index in [1.807, 2.05) is 16.5 Å². The molecule has 1 aromatic heterocycles.